The Kier molecular flexibility index (Phi) is 3.73. The number of para-hydroxylation sites is 4. The van der Waals surface area contributed by atoms with Crippen molar-refractivity contribution in [1.82, 2.24) is 4.57 Å². The maximum atomic E-state index is 5.61. The van der Waals surface area contributed by atoms with Gasteiger partial charge in [0.05, 0.1) is 14.0 Å². The molecule has 2 aromatic heterocycles. The van der Waals surface area contributed by atoms with Crippen molar-refractivity contribution in [3.63, 3.8) is 0 Å². The minimum absolute atomic E-state index is 0.857. The van der Waals surface area contributed by atoms with Crippen molar-refractivity contribution >= 4 is 11.0 Å². The molecule has 0 amide bonds. The maximum absolute atomic E-state index is 5.61. The third-order valence-corrected chi connectivity index (χ3v) is 4.59. The standard InChI is InChI=1S/C21H21N3O/c1-16-23(19-12-6-7-13-20(19)25-3)17-10-4-5-11-18(17)24(16)21-14-8-9-15-22(21)2/h4-15H,1-3H3/q+2. The minimum atomic E-state index is 0.857. The number of pyridine rings is 1. The Balaban J connectivity index is 2.11. The van der Waals surface area contributed by atoms with Crippen LogP contribution in [0.3, 0.4) is 0 Å². The average Bonchev–Trinajstić information content (AvgIpc) is 2.94. The molecule has 0 aliphatic carbocycles. The van der Waals surface area contributed by atoms with Crippen LogP contribution in [0.15, 0.2) is 72.9 Å². The van der Waals surface area contributed by atoms with E-state index in [0.717, 1.165) is 34.1 Å². The molecular weight excluding hydrogens is 310 g/mol. The van der Waals surface area contributed by atoms with Gasteiger partial charge in [0.15, 0.2) is 5.75 Å². The van der Waals surface area contributed by atoms with E-state index in [2.05, 4.69) is 76.3 Å². The number of fused-ring (bicyclic) bond motifs is 1. The van der Waals surface area contributed by atoms with Crippen LogP contribution in [0.2, 0.25) is 0 Å². The molecule has 0 saturated carbocycles. The Hall–Kier alpha value is -3.14. The summed E-state index contributed by atoms with van der Waals surface area (Å²) in [7, 11) is 3.78. The zero-order valence-corrected chi connectivity index (χ0v) is 14.7. The Labute approximate surface area is 147 Å². The normalized spacial score (nSPS) is 11.0. The average molecular weight is 331 g/mol. The van der Waals surface area contributed by atoms with E-state index in [4.69, 9.17) is 4.74 Å². The molecule has 0 radical (unpaired) electrons. The van der Waals surface area contributed by atoms with Crippen LogP contribution in [-0.4, -0.2) is 11.7 Å². The van der Waals surface area contributed by atoms with Gasteiger partial charge in [-0.2, -0.15) is 4.57 Å². The first kappa shape index (κ1) is 15.4. The summed E-state index contributed by atoms with van der Waals surface area (Å²) in [6, 6.07) is 22.8. The number of hydrogen-bond donors (Lipinski definition) is 0. The van der Waals surface area contributed by atoms with Gasteiger partial charge < -0.3 is 4.74 Å². The number of rotatable bonds is 3. The van der Waals surface area contributed by atoms with Crippen molar-refractivity contribution in [1.29, 1.82) is 0 Å². The molecule has 25 heavy (non-hydrogen) atoms. The summed E-state index contributed by atoms with van der Waals surface area (Å²) in [6.45, 7) is 2.14. The van der Waals surface area contributed by atoms with Gasteiger partial charge in [0.25, 0.3) is 0 Å². The number of ether oxygens (including phenoxy) is 1. The second kappa shape index (κ2) is 6.06. The van der Waals surface area contributed by atoms with Gasteiger partial charge in [0, 0.05) is 6.07 Å². The highest BCUT2D eigenvalue weighted by molar-refractivity contribution is 5.76. The van der Waals surface area contributed by atoms with E-state index in [1.165, 1.54) is 0 Å². The summed E-state index contributed by atoms with van der Waals surface area (Å²) in [5.41, 5.74) is 3.34. The van der Waals surface area contributed by atoms with E-state index in [1.54, 1.807) is 7.11 Å². The number of aromatic nitrogens is 3. The van der Waals surface area contributed by atoms with Crippen molar-refractivity contribution in [3.05, 3.63) is 78.8 Å². The predicted octanol–water partition coefficient (Wildman–Crippen LogP) is 3.05. The van der Waals surface area contributed by atoms with Crippen LogP contribution in [0.4, 0.5) is 0 Å². The zero-order valence-electron chi connectivity index (χ0n) is 14.7. The van der Waals surface area contributed by atoms with E-state index in [-0.39, 0.29) is 0 Å². The molecule has 0 saturated heterocycles. The highest BCUT2D eigenvalue weighted by atomic mass is 16.5. The highest BCUT2D eigenvalue weighted by Crippen LogP contribution is 2.27. The Morgan fingerprint density at radius 2 is 1.60 bits per heavy atom. The molecule has 124 valence electrons. The van der Waals surface area contributed by atoms with Gasteiger partial charge in [-0.3, -0.25) is 0 Å². The van der Waals surface area contributed by atoms with Gasteiger partial charge >= 0.3 is 11.6 Å². The van der Waals surface area contributed by atoms with E-state index in [9.17, 15) is 0 Å². The van der Waals surface area contributed by atoms with Crippen LogP contribution in [0.5, 0.6) is 5.75 Å². The van der Waals surface area contributed by atoms with Gasteiger partial charge in [-0.15, -0.1) is 4.57 Å². The van der Waals surface area contributed by atoms with E-state index < -0.39 is 0 Å². The number of nitrogens with zero attached hydrogens (tertiary/aromatic N) is 3. The maximum Gasteiger partial charge on any atom is 0.345 e. The third-order valence-electron chi connectivity index (χ3n) is 4.59. The first-order chi connectivity index (χ1) is 12.2. The molecule has 0 atom stereocenters. The van der Waals surface area contributed by atoms with Crippen molar-refractivity contribution in [3.8, 4) is 17.3 Å². The molecule has 0 fully saturated rings. The van der Waals surface area contributed by atoms with Gasteiger partial charge in [-0.05, 0) is 36.4 Å². The monoisotopic (exact) mass is 331 g/mol. The molecule has 0 unspecified atom stereocenters. The Morgan fingerprint density at radius 3 is 2.40 bits per heavy atom. The quantitative estimate of drug-likeness (QED) is 0.529. The summed E-state index contributed by atoms with van der Waals surface area (Å²) in [5.74, 6) is 3.09. The lowest BCUT2D eigenvalue weighted by Gasteiger charge is -2.04. The summed E-state index contributed by atoms with van der Waals surface area (Å²) in [5, 5.41) is 0. The number of aryl methyl sites for hydroxylation is 1. The van der Waals surface area contributed by atoms with Gasteiger partial charge in [0.1, 0.15) is 13.2 Å². The molecule has 4 aromatic rings. The fourth-order valence-corrected chi connectivity index (χ4v) is 3.45. The Bertz CT molecular complexity index is 1070. The lowest BCUT2D eigenvalue weighted by Crippen LogP contribution is -2.47. The molecule has 0 aliphatic heterocycles. The molecule has 4 heteroatoms. The fourth-order valence-electron chi connectivity index (χ4n) is 3.45. The zero-order chi connectivity index (χ0) is 17.4. The lowest BCUT2D eigenvalue weighted by atomic mass is 10.2. The molecule has 0 aliphatic rings. The second-order valence-electron chi connectivity index (χ2n) is 6.05. The van der Waals surface area contributed by atoms with Crippen molar-refractivity contribution in [2.75, 3.05) is 7.11 Å². The lowest BCUT2D eigenvalue weighted by molar-refractivity contribution is -0.771. The SMILES string of the molecule is COc1ccccc1-n1c(C)[n+](-c2cccc[n+]2C)c2ccccc21. The van der Waals surface area contributed by atoms with E-state index >= 15 is 0 Å². The predicted molar refractivity (Wildman–Crippen MR) is 97.3 cm³/mol. The van der Waals surface area contributed by atoms with Crippen LogP contribution in [0, 0.1) is 6.92 Å². The first-order valence-corrected chi connectivity index (χ1v) is 8.33. The molecule has 0 bridgehead atoms. The molecule has 0 N–H and O–H groups in total. The molecule has 0 spiro atoms. The van der Waals surface area contributed by atoms with Crippen LogP contribution < -0.4 is 13.9 Å². The number of benzene rings is 2. The molecule has 4 rings (SSSR count). The van der Waals surface area contributed by atoms with Gasteiger partial charge in [0.2, 0.25) is 16.7 Å². The van der Waals surface area contributed by atoms with Gasteiger partial charge in [-0.25, -0.2) is 4.57 Å². The van der Waals surface area contributed by atoms with Crippen LogP contribution in [-0.2, 0) is 7.05 Å². The fraction of sp³-hybridized carbons (Fsp3) is 0.143. The number of imidazole rings is 1. The van der Waals surface area contributed by atoms with Crippen LogP contribution in [0.1, 0.15) is 5.82 Å². The van der Waals surface area contributed by atoms with Gasteiger partial charge in [-0.1, -0.05) is 24.3 Å². The molecule has 2 aromatic carbocycles. The number of methoxy groups -OCH3 is 1. The van der Waals surface area contributed by atoms with E-state index in [0.29, 0.717) is 0 Å². The second-order valence-corrected chi connectivity index (χ2v) is 6.05. The molecule has 2 heterocycles. The smallest absolute Gasteiger partial charge is 0.345 e. The summed E-state index contributed by atoms with van der Waals surface area (Å²) in [6.07, 6.45) is 2.07. The molecule has 4 nitrogen and oxygen atoms in total. The summed E-state index contributed by atoms with van der Waals surface area (Å²) in [4.78, 5) is 0. The Morgan fingerprint density at radius 1 is 0.880 bits per heavy atom. The first-order valence-electron chi connectivity index (χ1n) is 8.33. The van der Waals surface area contributed by atoms with Crippen molar-refractivity contribution in [2.24, 2.45) is 7.05 Å². The minimum Gasteiger partial charge on any atom is -0.492 e. The topological polar surface area (TPSA) is 21.9 Å². The summed E-state index contributed by atoms with van der Waals surface area (Å²) >= 11 is 0. The van der Waals surface area contributed by atoms with Crippen LogP contribution in [0.25, 0.3) is 22.5 Å². The van der Waals surface area contributed by atoms with Crippen molar-refractivity contribution < 1.29 is 13.9 Å². The number of hydrogen-bond acceptors (Lipinski definition) is 1. The summed E-state index contributed by atoms with van der Waals surface area (Å²) < 4.78 is 12.3. The highest BCUT2D eigenvalue weighted by Gasteiger charge is 2.31. The molecular formula is C21H21N3O+2. The van der Waals surface area contributed by atoms with E-state index in [1.807, 2.05) is 24.3 Å². The van der Waals surface area contributed by atoms with Crippen molar-refractivity contribution in [2.45, 2.75) is 6.92 Å². The third kappa shape index (κ3) is 2.38. The van der Waals surface area contributed by atoms with Crippen LogP contribution >= 0.6 is 0 Å². The largest absolute Gasteiger partial charge is 0.492 e.